The Morgan fingerprint density at radius 3 is 2.92 bits per heavy atom. The van der Waals surface area contributed by atoms with Crippen molar-refractivity contribution in [3.8, 4) is 0 Å². The predicted octanol–water partition coefficient (Wildman–Crippen LogP) is 3.24. The first kappa shape index (κ1) is 10.7. The molecule has 1 aromatic rings. The molecule has 0 aliphatic carbocycles. The summed E-state index contributed by atoms with van der Waals surface area (Å²) in [6, 6.07) is 4.37. The first-order chi connectivity index (χ1) is 6.34. The van der Waals surface area contributed by atoms with Crippen LogP contribution in [0.15, 0.2) is 17.5 Å². The summed E-state index contributed by atoms with van der Waals surface area (Å²) in [4.78, 5) is 1.51. The zero-order chi connectivity index (χ0) is 9.52. The highest BCUT2D eigenvalue weighted by Gasteiger charge is 2.04. The highest BCUT2D eigenvalue weighted by Crippen LogP contribution is 2.22. The van der Waals surface area contributed by atoms with Crippen LogP contribution < -0.4 is 5.32 Å². The SMILES string of the molecule is CCCNCCC(C)c1cccs1. The molecule has 0 fully saturated rings. The average Bonchev–Trinajstić information content (AvgIpc) is 2.65. The Balaban J connectivity index is 2.15. The van der Waals surface area contributed by atoms with Crippen LogP contribution in [0.5, 0.6) is 0 Å². The van der Waals surface area contributed by atoms with Crippen LogP contribution in [0, 0.1) is 0 Å². The molecule has 0 aliphatic rings. The number of rotatable bonds is 6. The molecule has 1 nitrogen and oxygen atoms in total. The summed E-state index contributed by atoms with van der Waals surface area (Å²) < 4.78 is 0. The Hall–Kier alpha value is -0.340. The zero-order valence-corrected chi connectivity index (χ0v) is 9.36. The van der Waals surface area contributed by atoms with Gasteiger partial charge < -0.3 is 5.32 Å². The Labute approximate surface area is 85.2 Å². The molecule has 0 bridgehead atoms. The maximum atomic E-state index is 3.43. The molecule has 1 atom stereocenters. The Kier molecular flexibility index (Phi) is 5.09. The maximum Gasteiger partial charge on any atom is 0.00739 e. The lowest BCUT2D eigenvalue weighted by Gasteiger charge is -2.09. The minimum absolute atomic E-state index is 0.712. The molecule has 1 heterocycles. The standard InChI is InChI=1S/C11H19NS/c1-3-7-12-8-6-10(2)11-5-4-9-13-11/h4-5,9-10,12H,3,6-8H2,1-2H3. The number of nitrogens with one attached hydrogen (secondary N) is 1. The van der Waals surface area contributed by atoms with Crippen LogP contribution in [-0.4, -0.2) is 13.1 Å². The zero-order valence-electron chi connectivity index (χ0n) is 8.55. The molecule has 0 aliphatic heterocycles. The molecule has 13 heavy (non-hydrogen) atoms. The van der Waals surface area contributed by atoms with E-state index >= 15 is 0 Å². The minimum atomic E-state index is 0.712. The minimum Gasteiger partial charge on any atom is -0.317 e. The number of hydrogen-bond acceptors (Lipinski definition) is 2. The van der Waals surface area contributed by atoms with Gasteiger partial charge in [0.15, 0.2) is 0 Å². The molecule has 1 unspecified atom stereocenters. The summed E-state index contributed by atoms with van der Waals surface area (Å²) in [5, 5.41) is 5.59. The van der Waals surface area contributed by atoms with Gasteiger partial charge in [0.1, 0.15) is 0 Å². The largest absolute Gasteiger partial charge is 0.317 e. The van der Waals surface area contributed by atoms with Crippen molar-refractivity contribution in [3.05, 3.63) is 22.4 Å². The van der Waals surface area contributed by atoms with E-state index in [1.54, 1.807) is 0 Å². The van der Waals surface area contributed by atoms with Gasteiger partial charge in [0.05, 0.1) is 0 Å². The van der Waals surface area contributed by atoms with E-state index in [0.29, 0.717) is 5.92 Å². The molecule has 0 saturated heterocycles. The average molecular weight is 197 g/mol. The van der Waals surface area contributed by atoms with E-state index in [1.165, 1.54) is 17.7 Å². The highest BCUT2D eigenvalue weighted by atomic mass is 32.1. The van der Waals surface area contributed by atoms with Crippen LogP contribution >= 0.6 is 11.3 Å². The van der Waals surface area contributed by atoms with Gasteiger partial charge in [0.25, 0.3) is 0 Å². The second-order valence-corrected chi connectivity index (χ2v) is 4.43. The fourth-order valence-corrected chi connectivity index (χ4v) is 2.16. The van der Waals surface area contributed by atoms with E-state index < -0.39 is 0 Å². The van der Waals surface area contributed by atoms with E-state index in [1.807, 2.05) is 11.3 Å². The normalized spacial score (nSPS) is 13.1. The van der Waals surface area contributed by atoms with Gasteiger partial charge in [-0.15, -0.1) is 11.3 Å². The van der Waals surface area contributed by atoms with Crippen LogP contribution in [-0.2, 0) is 0 Å². The van der Waals surface area contributed by atoms with E-state index in [0.717, 1.165) is 13.1 Å². The molecule has 74 valence electrons. The summed E-state index contributed by atoms with van der Waals surface area (Å²) in [5.41, 5.74) is 0. The molecule has 0 amide bonds. The molecular weight excluding hydrogens is 178 g/mol. The van der Waals surface area contributed by atoms with Crippen molar-refractivity contribution in [1.29, 1.82) is 0 Å². The Morgan fingerprint density at radius 2 is 2.31 bits per heavy atom. The first-order valence-corrected chi connectivity index (χ1v) is 5.96. The van der Waals surface area contributed by atoms with Gasteiger partial charge in [-0.2, -0.15) is 0 Å². The van der Waals surface area contributed by atoms with Crippen LogP contribution in [0.1, 0.15) is 37.5 Å². The number of hydrogen-bond donors (Lipinski definition) is 1. The van der Waals surface area contributed by atoms with E-state index in [4.69, 9.17) is 0 Å². The summed E-state index contributed by atoms with van der Waals surface area (Å²) >= 11 is 1.87. The lowest BCUT2D eigenvalue weighted by atomic mass is 10.1. The smallest absolute Gasteiger partial charge is 0.00739 e. The Morgan fingerprint density at radius 1 is 1.46 bits per heavy atom. The molecule has 0 saturated carbocycles. The molecule has 1 N–H and O–H groups in total. The molecule has 0 spiro atoms. The van der Waals surface area contributed by atoms with Gasteiger partial charge in [0, 0.05) is 4.88 Å². The van der Waals surface area contributed by atoms with Crippen LogP contribution in [0.2, 0.25) is 0 Å². The van der Waals surface area contributed by atoms with E-state index in [-0.39, 0.29) is 0 Å². The second kappa shape index (κ2) is 6.17. The van der Waals surface area contributed by atoms with Crippen LogP contribution in [0.3, 0.4) is 0 Å². The van der Waals surface area contributed by atoms with Crippen LogP contribution in [0.25, 0.3) is 0 Å². The quantitative estimate of drug-likeness (QED) is 0.690. The van der Waals surface area contributed by atoms with Gasteiger partial charge in [-0.05, 0) is 43.3 Å². The van der Waals surface area contributed by atoms with Gasteiger partial charge >= 0.3 is 0 Å². The molecule has 0 aromatic carbocycles. The monoisotopic (exact) mass is 197 g/mol. The number of thiophene rings is 1. The molecule has 0 radical (unpaired) electrons. The van der Waals surface area contributed by atoms with Crippen molar-refractivity contribution in [2.45, 2.75) is 32.6 Å². The third-order valence-electron chi connectivity index (χ3n) is 2.21. The summed E-state index contributed by atoms with van der Waals surface area (Å²) in [7, 11) is 0. The van der Waals surface area contributed by atoms with Crippen molar-refractivity contribution >= 4 is 11.3 Å². The molecule has 1 aromatic heterocycles. The summed E-state index contributed by atoms with van der Waals surface area (Å²) in [6.45, 7) is 6.80. The highest BCUT2D eigenvalue weighted by molar-refractivity contribution is 7.10. The van der Waals surface area contributed by atoms with Crippen LogP contribution in [0.4, 0.5) is 0 Å². The molecule has 1 rings (SSSR count). The molecule has 2 heteroatoms. The first-order valence-electron chi connectivity index (χ1n) is 5.08. The van der Waals surface area contributed by atoms with Crippen molar-refractivity contribution in [3.63, 3.8) is 0 Å². The topological polar surface area (TPSA) is 12.0 Å². The maximum absolute atomic E-state index is 3.43. The van der Waals surface area contributed by atoms with E-state index in [9.17, 15) is 0 Å². The van der Waals surface area contributed by atoms with Crippen molar-refractivity contribution in [1.82, 2.24) is 5.32 Å². The Bertz CT molecular complexity index is 206. The van der Waals surface area contributed by atoms with Gasteiger partial charge in [0.2, 0.25) is 0 Å². The summed E-state index contributed by atoms with van der Waals surface area (Å²) in [6.07, 6.45) is 2.48. The third-order valence-corrected chi connectivity index (χ3v) is 3.31. The predicted molar refractivity (Wildman–Crippen MR) is 60.5 cm³/mol. The van der Waals surface area contributed by atoms with Gasteiger partial charge in [-0.3, -0.25) is 0 Å². The fourth-order valence-electron chi connectivity index (χ4n) is 1.33. The van der Waals surface area contributed by atoms with Gasteiger partial charge in [-0.1, -0.05) is 19.9 Å². The van der Waals surface area contributed by atoms with Crippen molar-refractivity contribution in [2.75, 3.05) is 13.1 Å². The fraction of sp³-hybridized carbons (Fsp3) is 0.636. The van der Waals surface area contributed by atoms with Crippen molar-refractivity contribution < 1.29 is 0 Å². The molecular formula is C11H19NS. The van der Waals surface area contributed by atoms with E-state index in [2.05, 4.69) is 36.7 Å². The third kappa shape index (κ3) is 3.92. The lowest BCUT2D eigenvalue weighted by Crippen LogP contribution is -2.17. The summed E-state index contributed by atoms with van der Waals surface area (Å²) in [5.74, 6) is 0.712. The van der Waals surface area contributed by atoms with Crippen molar-refractivity contribution in [2.24, 2.45) is 0 Å². The second-order valence-electron chi connectivity index (χ2n) is 3.46. The van der Waals surface area contributed by atoms with Gasteiger partial charge in [-0.25, -0.2) is 0 Å². The lowest BCUT2D eigenvalue weighted by molar-refractivity contribution is 0.595.